The molecule has 0 radical (unpaired) electrons. The van der Waals surface area contributed by atoms with E-state index in [9.17, 15) is 13.2 Å². The van der Waals surface area contributed by atoms with Gasteiger partial charge in [-0.15, -0.1) is 0 Å². The van der Waals surface area contributed by atoms with Crippen LogP contribution in [-0.4, -0.2) is 11.7 Å². The summed E-state index contributed by atoms with van der Waals surface area (Å²) in [5.74, 6) is 4.52. The first-order valence-corrected chi connectivity index (χ1v) is 4.84. The molecule has 0 saturated carbocycles. The van der Waals surface area contributed by atoms with Crippen LogP contribution in [0.4, 0.5) is 13.2 Å². The van der Waals surface area contributed by atoms with Crippen molar-refractivity contribution in [1.82, 2.24) is 0 Å². The highest BCUT2D eigenvalue weighted by molar-refractivity contribution is 5.43. The summed E-state index contributed by atoms with van der Waals surface area (Å²) in [6, 6.07) is 2.61. The van der Waals surface area contributed by atoms with Gasteiger partial charge in [0.05, 0.1) is 5.56 Å². The lowest BCUT2D eigenvalue weighted by atomic mass is 10.1. The molecule has 0 fully saturated rings. The largest absolute Gasteiger partial charge is 0.508 e. The van der Waals surface area contributed by atoms with Crippen molar-refractivity contribution in [3.63, 3.8) is 0 Å². The molecule has 0 amide bonds. The SMILES string of the molecule is [N-]=[N+]=NCCC#Cc1cc(O)cc(C(F)(F)F)c1. The minimum Gasteiger partial charge on any atom is -0.508 e. The quantitative estimate of drug-likeness (QED) is 0.284. The Hall–Kier alpha value is -2.32. The Morgan fingerprint density at radius 1 is 1.33 bits per heavy atom. The molecule has 1 aromatic rings. The highest BCUT2D eigenvalue weighted by atomic mass is 19.4. The predicted molar refractivity (Wildman–Crippen MR) is 58.6 cm³/mol. The first-order valence-electron chi connectivity index (χ1n) is 4.84. The Balaban J connectivity index is 2.90. The van der Waals surface area contributed by atoms with Crippen molar-refractivity contribution >= 4 is 0 Å². The third kappa shape index (κ3) is 4.28. The Bertz CT molecular complexity index is 537. The number of phenolic OH excluding ortho intramolecular Hbond substituents is 1. The van der Waals surface area contributed by atoms with Crippen molar-refractivity contribution in [3.05, 3.63) is 39.8 Å². The first-order chi connectivity index (χ1) is 8.43. The lowest BCUT2D eigenvalue weighted by Gasteiger charge is -2.07. The molecule has 1 aromatic carbocycles. The number of phenols is 1. The molecule has 0 aromatic heterocycles. The van der Waals surface area contributed by atoms with Crippen molar-refractivity contribution in [2.75, 3.05) is 6.54 Å². The highest BCUT2D eigenvalue weighted by Gasteiger charge is 2.31. The molecule has 0 heterocycles. The zero-order valence-electron chi connectivity index (χ0n) is 9.07. The normalized spacial score (nSPS) is 10.2. The fraction of sp³-hybridized carbons (Fsp3) is 0.273. The van der Waals surface area contributed by atoms with Crippen molar-refractivity contribution < 1.29 is 18.3 Å². The van der Waals surface area contributed by atoms with Crippen LogP contribution in [-0.2, 0) is 6.18 Å². The Kier molecular flexibility index (Phi) is 4.46. The Labute approximate surface area is 101 Å². The van der Waals surface area contributed by atoms with Crippen LogP contribution in [0.25, 0.3) is 10.4 Å². The van der Waals surface area contributed by atoms with E-state index < -0.39 is 17.5 Å². The topological polar surface area (TPSA) is 69.0 Å². The van der Waals surface area contributed by atoms with Crippen molar-refractivity contribution in [1.29, 1.82) is 0 Å². The lowest BCUT2D eigenvalue weighted by molar-refractivity contribution is -0.137. The minimum atomic E-state index is -4.53. The smallest absolute Gasteiger partial charge is 0.416 e. The number of benzene rings is 1. The summed E-state index contributed by atoms with van der Waals surface area (Å²) in [6.07, 6.45) is -4.29. The molecule has 0 aliphatic rings. The number of alkyl halides is 3. The molecule has 0 unspecified atom stereocenters. The van der Waals surface area contributed by atoms with Crippen LogP contribution in [0.2, 0.25) is 0 Å². The number of hydrogen-bond donors (Lipinski definition) is 1. The van der Waals surface area contributed by atoms with E-state index in [4.69, 9.17) is 10.6 Å². The van der Waals surface area contributed by atoms with E-state index in [1.54, 1.807) is 0 Å². The molecule has 0 aliphatic heterocycles. The molecule has 94 valence electrons. The minimum absolute atomic E-state index is 0.0586. The van der Waals surface area contributed by atoms with Gasteiger partial charge in [0.15, 0.2) is 0 Å². The van der Waals surface area contributed by atoms with Gasteiger partial charge in [-0.1, -0.05) is 17.0 Å². The number of azide groups is 1. The van der Waals surface area contributed by atoms with Crippen LogP contribution < -0.4 is 0 Å². The summed E-state index contributed by atoms with van der Waals surface area (Å²) < 4.78 is 37.3. The van der Waals surface area contributed by atoms with E-state index in [-0.39, 0.29) is 18.5 Å². The molecule has 18 heavy (non-hydrogen) atoms. The second kappa shape index (κ2) is 5.84. The molecular formula is C11H8F3N3O. The number of halogens is 3. The van der Waals surface area contributed by atoms with Gasteiger partial charge in [0.1, 0.15) is 5.75 Å². The number of aromatic hydroxyl groups is 1. The Morgan fingerprint density at radius 2 is 2.06 bits per heavy atom. The van der Waals surface area contributed by atoms with Gasteiger partial charge in [-0.25, -0.2) is 0 Å². The maximum atomic E-state index is 12.4. The van der Waals surface area contributed by atoms with E-state index in [1.807, 2.05) is 0 Å². The maximum Gasteiger partial charge on any atom is 0.416 e. The van der Waals surface area contributed by atoms with Gasteiger partial charge in [0.25, 0.3) is 0 Å². The van der Waals surface area contributed by atoms with Crippen LogP contribution in [0.5, 0.6) is 5.75 Å². The summed E-state index contributed by atoms with van der Waals surface area (Å²) in [5, 5.41) is 12.4. The van der Waals surface area contributed by atoms with Crippen molar-refractivity contribution in [2.45, 2.75) is 12.6 Å². The van der Waals surface area contributed by atoms with Gasteiger partial charge in [0, 0.05) is 23.4 Å². The zero-order chi connectivity index (χ0) is 13.6. The molecule has 7 heteroatoms. The summed E-state index contributed by atoms with van der Waals surface area (Å²) >= 11 is 0. The van der Waals surface area contributed by atoms with Crippen molar-refractivity contribution in [2.24, 2.45) is 5.11 Å². The van der Waals surface area contributed by atoms with Gasteiger partial charge in [-0.3, -0.25) is 0 Å². The first kappa shape index (κ1) is 13.7. The fourth-order valence-electron chi connectivity index (χ4n) is 1.16. The maximum absolute atomic E-state index is 12.4. The molecule has 0 saturated heterocycles. The van der Waals surface area contributed by atoms with Gasteiger partial charge < -0.3 is 5.11 Å². The van der Waals surface area contributed by atoms with Gasteiger partial charge in [-0.05, 0) is 23.7 Å². The van der Waals surface area contributed by atoms with E-state index in [0.717, 1.165) is 12.1 Å². The average Bonchev–Trinajstić information content (AvgIpc) is 2.27. The fourth-order valence-corrected chi connectivity index (χ4v) is 1.16. The third-order valence-electron chi connectivity index (χ3n) is 1.88. The molecule has 4 nitrogen and oxygen atoms in total. The highest BCUT2D eigenvalue weighted by Crippen LogP contribution is 2.32. The van der Waals surface area contributed by atoms with E-state index >= 15 is 0 Å². The standard InChI is InChI=1S/C11H8F3N3O/c12-11(13,14)9-5-8(6-10(18)7-9)3-1-2-4-16-17-15/h5-7,18H,2,4H2. The molecule has 1 N–H and O–H groups in total. The van der Waals surface area contributed by atoms with Crippen LogP contribution in [0.1, 0.15) is 17.5 Å². The van der Waals surface area contributed by atoms with Crippen LogP contribution in [0, 0.1) is 11.8 Å². The summed E-state index contributed by atoms with van der Waals surface area (Å²) in [5.41, 5.74) is 7.10. The number of nitrogens with zero attached hydrogens (tertiary/aromatic N) is 3. The second-order valence-corrected chi connectivity index (χ2v) is 3.27. The molecule has 0 bridgehead atoms. The molecule has 0 aliphatic carbocycles. The predicted octanol–water partition coefficient (Wildman–Crippen LogP) is 3.46. The van der Waals surface area contributed by atoms with E-state index in [0.29, 0.717) is 6.07 Å². The van der Waals surface area contributed by atoms with E-state index in [1.165, 1.54) is 0 Å². The third-order valence-corrected chi connectivity index (χ3v) is 1.88. The zero-order valence-corrected chi connectivity index (χ0v) is 9.07. The Morgan fingerprint density at radius 3 is 2.67 bits per heavy atom. The lowest BCUT2D eigenvalue weighted by Crippen LogP contribution is -2.04. The van der Waals surface area contributed by atoms with Crippen LogP contribution in [0.15, 0.2) is 23.3 Å². The van der Waals surface area contributed by atoms with Crippen molar-refractivity contribution in [3.8, 4) is 17.6 Å². The van der Waals surface area contributed by atoms with E-state index in [2.05, 4.69) is 21.9 Å². The van der Waals surface area contributed by atoms with Gasteiger partial charge in [0.2, 0.25) is 0 Å². The summed E-state index contributed by atoms with van der Waals surface area (Å²) in [7, 11) is 0. The van der Waals surface area contributed by atoms with Crippen LogP contribution in [0.3, 0.4) is 0 Å². The molecular weight excluding hydrogens is 247 g/mol. The monoisotopic (exact) mass is 255 g/mol. The second-order valence-electron chi connectivity index (χ2n) is 3.27. The molecule has 1 rings (SSSR count). The molecule has 0 spiro atoms. The summed E-state index contributed by atoms with van der Waals surface area (Å²) in [6.45, 7) is 0.147. The van der Waals surface area contributed by atoms with Crippen LogP contribution >= 0.6 is 0 Å². The van der Waals surface area contributed by atoms with Gasteiger partial charge in [-0.2, -0.15) is 13.2 Å². The average molecular weight is 255 g/mol. The van der Waals surface area contributed by atoms with Gasteiger partial charge >= 0.3 is 6.18 Å². The summed E-state index contributed by atoms with van der Waals surface area (Å²) in [4.78, 5) is 2.51. The number of hydrogen-bond acceptors (Lipinski definition) is 2. The number of rotatable bonds is 2. The molecule has 0 atom stereocenters.